The molecule has 0 aliphatic carbocycles. The highest BCUT2D eigenvalue weighted by Gasteiger charge is 2.01. The number of likely N-dealkylation sites (N-methyl/N-ethyl adjacent to an activating group) is 1. The summed E-state index contributed by atoms with van der Waals surface area (Å²) in [5.41, 5.74) is 0. The van der Waals surface area contributed by atoms with Gasteiger partial charge in [0, 0.05) is 20.0 Å². The molecule has 0 saturated heterocycles. The van der Waals surface area contributed by atoms with Gasteiger partial charge in [0.15, 0.2) is 0 Å². The zero-order valence-electron chi connectivity index (χ0n) is 10.2. The molecule has 0 heterocycles. The number of amides is 1. The van der Waals surface area contributed by atoms with Crippen LogP contribution in [-0.2, 0) is 4.79 Å². The molecule has 0 unspecified atom stereocenters. The summed E-state index contributed by atoms with van der Waals surface area (Å²) in [6, 6.07) is 0. The predicted octanol–water partition coefficient (Wildman–Crippen LogP) is 3.16. The first kappa shape index (κ1) is 13.9. The minimum atomic E-state index is 0.200. The van der Waals surface area contributed by atoms with E-state index in [1.54, 1.807) is 4.90 Å². The van der Waals surface area contributed by atoms with Crippen molar-refractivity contribution in [1.82, 2.24) is 4.90 Å². The summed E-state index contributed by atoms with van der Waals surface area (Å²) in [6.07, 6.45) is 12.4. The lowest BCUT2D eigenvalue weighted by Gasteiger charge is -2.12. The lowest BCUT2D eigenvalue weighted by atomic mass is 10.2. The maximum Gasteiger partial charge on any atom is 0.222 e. The van der Waals surface area contributed by atoms with Crippen molar-refractivity contribution in [3.63, 3.8) is 0 Å². The van der Waals surface area contributed by atoms with Gasteiger partial charge >= 0.3 is 0 Å². The maximum atomic E-state index is 11.2. The van der Waals surface area contributed by atoms with Crippen molar-refractivity contribution < 1.29 is 4.79 Å². The Morgan fingerprint density at radius 2 is 1.67 bits per heavy atom. The zero-order chi connectivity index (χ0) is 11.5. The Labute approximate surface area is 93.7 Å². The third-order valence-corrected chi connectivity index (χ3v) is 2.18. The van der Waals surface area contributed by atoms with Crippen LogP contribution in [-0.4, -0.2) is 24.4 Å². The second kappa shape index (κ2) is 9.50. The summed E-state index contributed by atoms with van der Waals surface area (Å²) in [4.78, 5) is 12.9. The Morgan fingerprint density at radius 1 is 1.07 bits per heavy atom. The van der Waals surface area contributed by atoms with E-state index in [4.69, 9.17) is 0 Å². The van der Waals surface area contributed by atoms with E-state index in [0.29, 0.717) is 6.42 Å². The van der Waals surface area contributed by atoms with Gasteiger partial charge in [-0.15, -0.1) is 0 Å². The normalized spacial score (nSPS) is 11.4. The molecule has 0 spiro atoms. The third kappa shape index (κ3) is 7.98. The average Bonchev–Trinajstić information content (AvgIpc) is 2.26. The fourth-order valence-corrected chi connectivity index (χ4v) is 1.20. The molecule has 0 aliphatic heterocycles. The zero-order valence-corrected chi connectivity index (χ0v) is 10.2. The van der Waals surface area contributed by atoms with Gasteiger partial charge in [0.1, 0.15) is 0 Å². The summed E-state index contributed by atoms with van der Waals surface area (Å²) < 4.78 is 0. The molecule has 0 radical (unpaired) electrons. The second-order valence-electron chi connectivity index (χ2n) is 3.56. The summed E-state index contributed by atoms with van der Waals surface area (Å²) in [6.45, 7) is 4.75. The highest BCUT2D eigenvalue weighted by Crippen LogP contribution is 1.95. The Morgan fingerprint density at radius 3 is 2.20 bits per heavy atom. The largest absolute Gasteiger partial charge is 0.342 e. The van der Waals surface area contributed by atoms with E-state index in [1.165, 1.54) is 0 Å². The Kier molecular flexibility index (Phi) is 8.84. The van der Waals surface area contributed by atoms with Gasteiger partial charge in [-0.1, -0.05) is 38.2 Å². The Balaban J connectivity index is 3.53. The molecule has 0 aromatic carbocycles. The van der Waals surface area contributed by atoms with E-state index >= 15 is 0 Å². The highest BCUT2D eigenvalue weighted by molar-refractivity contribution is 5.75. The number of hydrogen-bond acceptors (Lipinski definition) is 1. The number of carbonyl (C=O) groups is 1. The van der Waals surface area contributed by atoms with Gasteiger partial charge in [0.25, 0.3) is 0 Å². The van der Waals surface area contributed by atoms with Gasteiger partial charge < -0.3 is 4.90 Å². The molecule has 2 heteroatoms. The van der Waals surface area contributed by atoms with Crippen LogP contribution in [0.4, 0.5) is 0 Å². The minimum Gasteiger partial charge on any atom is -0.342 e. The van der Waals surface area contributed by atoms with E-state index < -0.39 is 0 Å². The molecule has 0 aromatic heterocycles. The first-order valence-corrected chi connectivity index (χ1v) is 5.76. The first-order chi connectivity index (χ1) is 7.22. The summed E-state index contributed by atoms with van der Waals surface area (Å²) >= 11 is 0. The molecule has 0 aromatic rings. The molecule has 0 saturated carbocycles. The van der Waals surface area contributed by atoms with Crippen LogP contribution in [0.5, 0.6) is 0 Å². The Hall–Kier alpha value is -1.05. The molecule has 86 valence electrons. The minimum absolute atomic E-state index is 0.200. The van der Waals surface area contributed by atoms with Crippen LogP contribution in [0.3, 0.4) is 0 Å². The Bertz CT molecular complexity index is 219. The van der Waals surface area contributed by atoms with Crippen molar-refractivity contribution >= 4 is 5.91 Å². The third-order valence-electron chi connectivity index (χ3n) is 2.18. The lowest BCUT2D eigenvalue weighted by molar-refractivity contribution is -0.129. The molecular weight excluding hydrogens is 186 g/mol. The van der Waals surface area contributed by atoms with E-state index in [1.807, 2.05) is 14.0 Å². The molecule has 0 N–H and O–H groups in total. The van der Waals surface area contributed by atoms with E-state index in [2.05, 4.69) is 31.2 Å². The van der Waals surface area contributed by atoms with Gasteiger partial charge in [-0.2, -0.15) is 0 Å². The molecule has 0 atom stereocenters. The van der Waals surface area contributed by atoms with Crippen molar-refractivity contribution in [1.29, 1.82) is 0 Å². The van der Waals surface area contributed by atoms with Crippen LogP contribution in [0.15, 0.2) is 24.3 Å². The SMILES string of the molecule is CCC=CCCC=CCN(C)C(=O)CC. The van der Waals surface area contributed by atoms with E-state index in [-0.39, 0.29) is 5.91 Å². The van der Waals surface area contributed by atoms with E-state index in [0.717, 1.165) is 25.8 Å². The molecule has 15 heavy (non-hydrogen) atoms. The summed E-state index contributed by atoms with van der Waals surface area (Å²) in [5, 5.41) is 0. The fourth-order valence-electron chi connectivity index (χ4n) is 1.20. The lowest BCUT2D eigenvalue weighted by Crippen LogP contribution is -2.25. The molecule has 0 rings (SSSR count). The fraction of sp³-hybridized carbons (Fsp3) is 0.615. The predicted molar refractivity (Wildman–Crippen MR) is 65.7 cm³/mol. The van der Waals surface area contributed by atoms with Gasteiger partial charge in [-0.3, -0.25) is 4.79 Å². The second-order valence-corrected chi connectivity index (χ2v) is 3.56. The monoisotopic (exact) mass is 209 g/mol. The number of nitrogens with zero attached hydrogens (tertiary/aromatic N) is 1. The molecule has 0 fully saturated rings. The van der Waals surface area contributed by atoms with Gasteiger partial charge in [0.05, 0.1) is 0 Å². The van der Waals surface area contributed by atoms with Gasteiger partial charge in [0.2, 0.25) is 5.91 Å². The van der Waals surface area contributed by atoms with Crippen LogP contribution in [0.25, 0.3) is 0 Å². The summed E-state index contributed by atoms with van der Waals surface area (Å²) in [7, 11) is 1.84. The van der Waals surface area contributed by atoms with Crippen molar-refractivity contribution in [3.05, 3.63) is 24.3 Å². The smallest absolute Gasteiger partial charge is 0.222 e. The van der Waals surface area contributed by atoms with Gasteiger partial charge in [-0.05, 0) is 19.3 Å². The van der Waals surface area contributed by atoms with Crippen LogP contribution < -0.4 is 0 Å². The number of hydrogen-bond donors (Lipinski definition) is 0. The number of allylic oxidation sites excluding steroid dienone is 3. The maximum absolute atomic E-state index is 11.2. The highest BCUT2D eigenvalue weighted by atomic mass is 16.2. The van der Waals surface area contributed by atoms with Crippen LogP contribution >= 0.6 is 0 Å². The molecule has 1 amide bonds. The van der Waals surface area contributed by atoms with E-state index in [9.17, 15) is 4.79 Å². The van der Waals surface area contributed by atoms with Crippen molar-refractivity contribution in [2.24, 2.45) is 0 Å². The van der Waals surface area contributed by atoms with Gasteiger partial charge in [-0.25, -0.2) is 0 Å². The quantitative estimate of drug-likeness (QED) is 0.466. The molecule has 0 bridgehead atoms. The van der Waals surface area contributed by atoms with Crippen LogP contribution in [0, 0.1) is 0 Å². The molecule has 2 nitrogen and oxygen atoms in total. The number of carbonyl (C=O) groups excluding carboxylic acids is 1. The standard InChI is InChI=1S/C13H23NO/c1-4-6-7-8-9-10-11-12-14(3)13(15)5-2/h6-7,10-11H,4-5,8-9,12H2,1-3H3. The summed E-state index contributed by atoms with van der Waals surface area (Å²) in [5.74, 6) is 0.200. The first-order valence-electron chi connectivity index (χ1n) is 5.76. The average molecular weight is 209 g/mol. The topological polar surface area (TPSA) is 20.3 Å². The van der Waals surface area contributed by atoms with Crippen LogP contribution in [0.2, 0.25) is 0 Å². The van der Waals surface area contributed by atoms with Crippen molar-refractivity contribution in [2.45, 2.75) is 39.5 Å². The number of unbranched alkanes of at least 4 members (excludes halogenated alkanes) is 1. The van der Waals surface area contributed by atoms with Crippen LogP contribution in [0.1, 0.15) is 39.5 Å². The van der Waals surface area contributed by atoms with Crippen molar-refractivity contribution in [2.75, 3.05) is 13.6 Å². The number of rotatable bonds is 7. The molecular formula is C13H23NO. The molecule has 0 aliphatic rings. The van der Waals surface area contributed by atoms with Crippen molar-refractivity contribution in [3.8, 4) is 0 Å².